The van der Waals surface area contributed by atoms with E-state index in [2.05, 4.69) is 28.9 Å². The lowest BCUT2D eigenvalue weighted by atomic mass is 10.2. The fourth-order valence-electron chi connectivity index (χ4n) is 2.32. The summed E-state index contributed by atoms with van der Waals surface area (Å²) in [5, 5.41) is 7.28. The van der Waals surface area contributed by atoms with Gasteiger partial charge >= 0.3 is 0 Å². The number of anilines is 1. The summed E-state index contributed by atoms with van der Waals surface area (Å²) in [5.41, 5.74) is 0. The number of hydrogen-bond donors (Lipinski definition) is 1. The monoisotopic (exact) mass is 270 g/mol. The number of nitrogens with one attached hydrogen (secondary N) is 1. The van der Waals surface area contributed by atoms with Crippen LogP contribution in [0.4, 0.5) is 5.95 Å². The molecule has 1 heterocycles. The largest absolute Gasteiger partial charge is 0.383 e. The van der Waals surface area contributed by atoms with E-state index in [4.69, 9.17) is 17.0 Å². The number of hydrogen-bond acceptors (Lipinski definition) is 4. The molecular formula is C12H22N4OS. The molecule has 0 radical (unpaired) electrons. The maximum absolute atomic E-state index is 5.26. The van der Waals surface area contributed by atoms with Crippen molar-refractivity contribution >= 4 is 18.2 Å². The first-order chi connectivity index (χ1) is 8.69. The highest BCUT2D eigenvalue weighted by Gasteiger charge is 2.33. The third kappa shape index (κ3) is 2.75. The number of H-pyrrole nitrogens is 1. The van der Waals surface area contributed by atoms with Crippen molar-refractivity contribution in [2.24, 2.45) is 5.92 Å². The van der Waals surface area contributed by atoms with Crippen LogP contribution in [0.3, 0.4) is 0 Å². The second-order valence-corrected chi connectivity index (χ2v) is 5.22. The van der Waals surface area contributed by atoms with E-state index in [-0.39, 0.29) is 0 Å². The molecule has 1 unspecified atom stereocenters. The van der Waals surface area contributed by atoms with Gasteiger partial charge in [-0.05, 0) is 44.8 Å². The van der Waals surface area contributed by atoms with Gasteiger partial charge in [0.15, 0.2) is 4.77 Å². The van der Waals surface area contributed by atoms with Crippen LogP contribution in [0.25, 0.3) is 0 Å². The summed E-state index contributed by atoms with van der Waals surface area (Å²) in [4.78, 5) is 2.32. The van der Waals surface area contributed by atoms with Gasteiger partial charge in [0.2, 0.25) is 5.95 Å². The van der Waals surface area contributed by atoms with Gasteiger partial charge in [-0.25, -0.2) is 5.10 Å². The summed E-state index contributed by atoms with van der Waals surface area (Å²) in [6.07, 6.45) is 2.64. The Bertz CT molecular complexity index is 438. The van der Waals surface area contributed by atoms with E-state index < -0.39 is 0 Å². The molecule has 0 bridgehead atoms. The predicted octanol–water partition coefficient (Wildman–Crippen LogP) is 2.21. The quantitative estimate of drug-likeness (QED) is 0.772. The van der Waals surface area contributed by atoms with Crippen molar-refractivity contribution in [1.29, 1.82) is 0 Å². The fourth-order valence-corrected chi connectivity index (χ4v) is 2.58. The normalized spacial score (nSPS) is 16.8. The van der Waals surface area contributed by atoms with E-state index in [1.165, 1.54) is 12.8 Å². The standard InChI is InChI=1S/C12H22N4OS/c1-4-15-11(13-14-12(15)18)16(7-8-17-3)9(2)10-5-6-10/h9-10H,4-8H2,1-3H3,(H,14,18). The van der Waals surface area contributed by atoms with E-state index in [1.54, 1.807) is 7.11 Å². The average Bonchev–Trinajstić information content (AvgIpc) is 3.14. The molecule has 0 saturated heterocycles. The lowest BCUT2D eigenvalue weighted by Crippen LogP contribution is -2.39. The number of aromatic nitrogens is 3. The molecule has 1 atom stereocenters. The highest BCUT2D eigenvalue weighted by molar-refractivity contribution is 7.71. The molecule has 0 spiro atoms. The molecule has 1 aliphatic carbocycles. The molecule has 0 amide bonds. The number of ether oxygens (including phenoxy) is 1. The summed E-state index contributed by atoms with van der Waals surface area (Å²) in [5.74, 6) is 1.73. The SMILES string of the molecule is CCn1c(N(CCOC)C(C)C2CC2)n[nH]c1=S. The Morgan fingerprint density at radius 1 is 1.61 bits per heavy atom. The Balaban J connectivity index is 2.23. The van der Waals surface area contributed by atoms with Crippen molar-refractivity contribution in [3.05, 3.63) is 4.77 Å². The van der Waals surface area contributed by atoms with Gasteiger partial charge in [-0.15, -0.1) is 5.10 Å². The van der Waals surface area contributed by atoms with Gasteiger partial charge in [0, 0.05) is 26.2 Å². The van der Waals surface area contributed by atoms with E-state index in [1.807, 2.05) is 4.57 Å². The Kier molecular flexibility index (Phi) is 4.40. The minimum atomic E-state index is 0.496. The molecule has 6 heteroatoms. The predicted molar refractivity (Wildman–Crippen MR) is 74.5 cm³/mol. The maximum atomic E-state index is 5.26. The Labute approximate surface area is 113 Å². The maximum Gasteiger partial charge on any atom is 0.226 e. The summed E-state index contributed by atoms with van der Waals surface area (Å²) in [7, 11) is 1.73. The molecule has 5 nitrogen and oxygen atoms in total. The molecule has 0 aromatic carbocycles. The molecule has 18 heavy (non-hydrogen) atoms. The van der Waals surface area contributed by atoms with Crippen LogP contribution in [0.2, 0.25) is 0 Å². The first-order valence-corrected chi connectivity index (χ1v) is 7.00. The highest BCUT2D eigenvalue weighted by Crippen LogP contribution is 2.36. The van der Waals surface area contributed by atoms with Gasteiger partial charge < -0.3 is 9.64 Å². The first kappa shape index (κ1) is 13.5. The average molecular weight is 270 g/mol. The van der Waals surface area contributed by atoms with Crippen molar-refractivity contribution in [3.8, 4) is 0 Å². The highest BCUT2D eigenvalue weighted by atomic mass is 32.1. The number of methoxy groups -OCH3 is 1. The summed E-state index contributed by atoms with van der Waals surface area (Å²) in [6, 6.07) is 0.496. The van der Waals surface area contributed by atoms with Crippen LogP contribution >= 0.6 is 12.2 Å². The van der Waals surface area contributed by atoms with E-state index >= 15 is 0 Å². The van der Waals surface area contributed by atoms with Crippen molar-refractivity contribution in [3.63, 3.8) is 0 Å². The molecule has 0 aliphatic heterocycles. The molecule has 102 valence electrons. The second-order valence-electron chi connectivity index (χ2n) is 4.84. The minimum absolute atomic E-state index is 0.496. The van der Waals surface area contributed by atoms with Crippen LogP contribution in [-0.4, -0.2) is 41.1 Å². The van der Waals surface area contributed by atoms with Gasteiger partial charge in [-0.1, -0.05) is 0 Å². The Morgan fingerprint density at radius 3 is 2.89 bits per heavy atom. The van der Waals surface area contributed by atoms with E-state index in [0.717, 1.165) is 25.0 Å². The molecule has 1 aromatic heterocycles. The zero-order valence-electron chi connectivity index (χ0n) is 11.3. The third-order valence-corrected chi connectivity index (χ3v) is 3.96. The summed E-state index contributed by atoms with van der Waals surface area (Å²) >= 11 is 5.26. The molecule has 1 N–H and O–H groups in total. The zero-order chi connectivity index (χ0) is 13.1. The van der Waals surface area contributed by atoms with Crippen LogP contribution in [-0.2, 0) is 11.3 Å². The van der Waals surface area contributed by atoms with E-state index in [9.17, 15) is 0 Å². The smallest absolute Gasteiger partial charge is 0.226 e. The van der Waals surface area contributed by atoms with Gasteiger partial charge in [0.05, 0.1) is 6.61 Å². The fraction of sp³-hybridized carbons (Fsp3) is 0.833. The Hall–Kier alpha value is -0.880. The molecule has 1 fully saturated rings. The second kappa shape index (κ2) is 5.84. The zero-order valence-corrected chi connectivity index (χ0v) is 12.2. The molecule has 1 saturated carbocycles. The van der Waals surface area contributed by atoms with Crippen LogP contribution in [0, 0.1) is 10.7 Å². The van der Waals surface area contributed by atoms with Crippen LogP contribution in [0.5, 0.6) is 0 Å². The molecule has 1 aromatic rings. The topological polar surface area (TPSA) is 46.1 Å². The van der Waals surface area contributed by atoms with Gasteiger partial charge in [0.1, 0.15) is 0 Å². The van der Waals surface area contributed by atoms with Crippen molar-refractivity contribution in [2.75, 3.05) is 25.2 Å². The molecular weight excluding hydrogens is 248 g/mol. The van der Waals surface area contributed by atoms with Crippen molar-refractivity contribution in [1.82, 2.24) is 14.8 Å². The van der Waals surface area contributed by atoms with Gasteiger partial charge in [-0.2, -0.15) is 0 Å². The summed E-state index contributed by atoms with van der Waals surface area (Å²) in [6.45, 7) is 6.76. The third-order valence-electron chi connectivity index (χ3n) is 3.64. The van der Waals surface area contributed by atoms with Crippen LogP contribution in [0.1, 0.15) is 26.7 Å². The van der Waals surface area contributed by atoms with E-state index in [0.29, 0.717) is 17.4 Å². The molecule has 1 aliphatic rings. The van der Waals surface area contributed by atoms with Crippen molar-refractivity contribution < 1.29 is 4.74 Å². The molecule has 2 rings (SSSR count). The van der Waals surface area contributed by atoms with Crippen molar-refractivity contribution in [2.45, 2.75) is 39.3 Å². The van der Waals surface area contributed by atoms with Crippen LogP contribution in [0.15, 0.2) is 0 Å². The number of aromatic amines is 1. The number of nitrogens with zero attached hydrogens (tertiary/aromatic N) is 3. The summed E-state index contributed by atoms with van der Waals surface area (Å²) < 4.78 is 7.95. The lowest BCUT2D eigenvalue weighted by molar-refractivity contribution is 0.202. The van der Waals surface area contributed by atoms with Gasteiger partial charge in [0.25, 0.3) is 0 Å². The Morgan fingerprint density at radius 2 is 2.33 bits per heavy atom. The number of rotatable bonds is 7. The van der Waals surface area contributed by atoms with Gasteiger partial charge in [-0.3, -0.25) is 4.57 Å². The first-order valence-electron chi connectivity index (χ1n) is 6.59. The lowest BCUT2D eigenvalue weighted by Gasteiger charge is -2.30. The minimum Gasteiger partial charge on any atom is -0.383 e. The van der Waals surface area contributed by atoms with Crippen LogP contribution < -0.4 is 4.90 Å².